The predicted octanol–water partition coefficient (Wildman–Crippen LogP) is 1.21. The van der Waals surface area contributed by atoms with Crippen molar-refractivity contribution < 1.29 is 4.39 Å². The van der Waals surface area contributed by atoms with E-state index in [1.165, 1.54) is 17.3 Å². The van der Waals surface area contributed by atoms with Crippen molar-refractivity contribution in [2.24, 2.45) is 5.73 Å². The Morgan fingerprint density at radius 1 is 1.67 bits per heavy atom. The van der Waals surface area contributed by atoms with Crippen LogP contribution in [0.4, 0.5) is 4.39 Å². The van der Waals surface area contributed by atoms with E-state index >= 15 is 0 Å². The van der Waals surface area contributed by atoms with Gasteiger partial charge in [0.05, 0.1) is 12.2 Å². The summed E-state index contributed by atoms with van der Waals surface area (Å²) in [5.74, 6) is -0.248. The molecule has 1 aromatic rings. The van der Waals surface area contributed by atoms with Gasteiger partial charge in [-0.3, -0.25) is 0 Å². The second-order valence-corrected chi connectivity index (χ2v) is 3.19. The van der Waals surface area contributed by atoms with Gasteiger partial charge in [-0.15, -0.1) is 0 Å². The molecule has 1 aliphatic carbocycles. The van der Waals surface area contributed by atoms with Crippen molar-refractivity contribution >= 4 is 0 Å². The Morgan fingerprint density at radius 3 is 2.83 bits per heavy atom. The first kappa shape index (κ1) is 7.73. The van der Waals surface area contributed by atoms with Crippen LogP contribution in [0.2, 0.25) is 0 Å². The molecule has 0 bridgehead atoms. The lowest BCUT2D eigenvalue weighted by Gasteiger charge is -2.25. The van der Waals surface area contributed by atoms with Crippen LogP contribution in [0, 0.1) is 5.95 Å². The Morgan fingerprint density at radius 2 is 2.42 bits per heavy atom. The molecule has 0 saturated heterocycles. The van der Waals surface area contributed by atoms with Crippen LogP contribution in [0.15, 0.2) is 6.20 Å². The zero-order chi connectivity index (χ0) is 8.55. The molecule has 1 saturated carbocycles. The van der Waals surface area contributed by atoms with Crippen molar-refractivity contribution in [1.29, 1.82) is 0 Å². The van der Waals surface area contributed by atoms with Crippen molar-refractivity contribution in [3.63, 3.8) is 0 Å². The van der Waals surface area contributed by atoms with E-state index in [0.29, 0.717) is 5.56 Å². The molecule has 4 heteroatoms. The van der Waals surface area contributed by atoms with Gasteiger partial charge in [-0.25, -0.2) is 4.68 Å². The second kappa shape index (κ2) is 2.86. The molecule has 1 aromatic heterocycles. The summed E-state index contributed by atoms with van der Waals surface area (Å²) in [5.41, 5.74) is 5.85. The number of aromatic nitrogens is 2. The fourth-order valence-electron chi connectivity index (χ4n) is 1.41. The minimum absolute atomic E-state index is 0.235. The Balaban J connectivity index is 2.25. The molecular weight excluding hydrogens is 157 g/mol. The molecule has 2 rings (SSSR count). The molecule has 1 heterocycles. The van der Waals surface area contributed by atoms with E-state index in [1.54, 1.807) is 0 Å². The normalized spacial score (nSPS) is 17.8. The van der Waals surface area contributed by atoms with E-state index in [9.17, 15) is 4.39 Å². The van der Waals surface area contributed by atoms with Crippen molar-refractivity contribution in [3.05, 3.63) is 17.7 Å². The highest BCUT2D eigenvalue weighted by atomic mass is 19.1. The van der Waals surface area contributed by atoms with Gasteiger partial charge in [0.25, 0.3) is 0 Å². The summed E-state index contributed by atoms with van der Waals surface area (Å²) >= 11 is 0. The lowest BCUT2D eigenvalue weighted by Crippen LogP contribution is -2.20. The minimum atomic E-state index is -0.248. The summed E-state index contributed by atoms with van der Waals surface area (Å²) in [6, 6.07) is 0.283. The first-order valence-corrected chi connectivity index (χ1v) is 4.25. The zero-order valence-electron chi connectivity index (χ0n) is 6.83. The molecule has 2 N–H and O–H groups in total. The fourth-order valence-corrected chi connectivity index (χ4v) is 1.41. The van der Waals surface area contributed by atoms with Gasteiger partial charge in [0.1, 0.15) is 0 Å². The maximum atomic E-state index is 13.3. The SMILES string of the molecule is NCc1cnn(C2CCC2)c1F. The molecule has 1 fully saturated rings. The van der Waals surface area contributed by atoms with E-state index in [-0.39, 0.29) is 18.5 Å². The average Bonchev–Trinajstić information content (AvgIpc) is 2.30. The first-order chi connectivity index (χ1) is 5.83. The van der Waals surface area contributed by atoms with Gasteiger partial charge in [0.2, 0.25) is 5.95 Å². The van der Waals surface area contributed by atoms with Crippen LogP contribution in [-0.2, 0) is 6.54 Å². The van der Waals surface area contributed by atoms with Crippen molar-refractivity contribution in [2.45, 2.75) is 31.8 Å². The first-order valence-electron chi connectivity index (χ1n) is 4.25. The highest BCUT2D eigenvalue weighted by Gasteiger charge is 2.23. The van der Waals surface area contributed by atoms with Gasteiger partial charge in [0, 0.05) is 12.1 Å². The van der Waals surface area contributed by atoms with Crippen molar-refractivity contribution in [3.8, 4) is 0 Å². The highest BCUT2D eigenvalue weighted by molar-refractivity contribution is 5.07. The highest BCUT2D eigenvalue weighted by Crippen LogP contribution is 2.31. The second-order valence-electron chi connectivity index (χ2n) is 3.19. The van der Waals surface area contributed by atoms with Gasteiger partial charge in [0.15, 0.2) is 0 Å². The van der Waals surface area contributed by atoms with Crippen LogP contribution in [0.25, 0.3) is 0 Å². The van der Waals surface area contributed by atoms with Gasteiger partial charge in [-0.05, 0) is 19.3 Å². The molecule has 0 spiro atoms. The van der Waals surface area contributed by atoms with Gasteiger partial charge >= 0.3 is 0 Å². The minimum Gasteiger partial charge on any atom is -0.326 e. The maximum absolute atomic E-state index is 13.3. The third kappa shape index (κ3) is 1.03. The lowest BCUT2D eigenvalue weighted by molar-refractivity contribution is 0.255. The Bertz CT molecular complexity index is 278. The topological polar surface area (TPSA) is 43.8 Å². The predicted molar refractivity (Wildman–Crippen MR) is 43.0 cm³/mol. The van der Waals surface area contributed by atoms with Crippen molar-refractivity contribution in [2.75, 3.05) is 0 Å². The molecule has 1 aliphatic rings. The van der Waals surface area contributed by atoms with Gasteiger partial charge in [-0.2, -0.15) is 9.49 Å². The van der Waals surface area contributed by atoms with Crippen LogP contribution < -0.4 is 5.73 Å². The third-order valence-corrected chi connectivity index (χ3v) is 2.44. The molecular formula is C8H12FN3. The zero-order valence-corrected chi connectivity index (χ0v) is 6.83. The van der Waals surface area contributed by atoms with Crippen LogP contribution in [0.3, 0.4) is 0 Å². The number of nitrogens with two attached hydrogens (primary N) is 1. The molecule has 0 atom stereocenters. The van der Waals surface area contributed by atoms with E-state index in [1.807, 2.05) is 0 Å². The average molecular weight is 169 g/mol. The number of halogens is 1. The lowest BCUT2D eigenvalue weighted by atomic mass is 9.93. The number of hydrogen-bond acceptors (Lipinski definition) is 2. The van der Waals surface area contributed by atoms with Crippen LogP contribution in [0.1, 0.15) is 30.9 Å². The van der Waals surface area contributed by atoms with Crippen molar-refractivity contribution in [1.82, 2.24) is 9.78 Å². The van der Waals surface area contributed by atoms with E-state index in [0.717, 1.165) is 12.8 Å². The summed E-state index contributed by atoms with van der Waals surface area (Å²) < 4.78 is 14.8. The number of rotatable bonds is 2. The Kier molecular flexibility index (Phi) is 1.84. The molecule has 12 heavy (non-hydrogen) atoms. The number of nitrogens with zero attached hydrogens (tertiary/aromatic N) is 2. The smallest absolute Gasteiger partial charge is 0.216 e. The van der Waals surface area contributed by atoms with Crippen LogP contribution in [-0.4, -0.2) is 9.78 Å². The summed E-state index contributed by atoms with van der Waals surface area (Å²) in [7, 11) is 0. The Hall–Kier alpha value is -0.900. The monoisotopic (exact) mass is 169 g/mol. The standard InChI is InChI=1S/C8H12FN3/c9-8-6(4-10)5-11-12(8)7-2-1-3-7/h5,7H,1-4,10H2. The summed E-state index contributed by atoms with van der Waals surface area (Å²) in [6.45, 7) is 0.235. The molecule has 0 unspecified atom stereocenters. The molecule has 0 aliphatic heterocycles. The van der Waals surface area contributed by atoms with Gasteiger partial charge in [-0.1, -0.05) is 0 Å². The van der Waals surface area contributed by atoms with Crippen LogP contribution in [0.5, 0.6) is 0 Å². The summed E-state index contributed by atoms with van der Waals surface area (Å²) in [4.78, 5) is 0. The third-order valence-electron chi connectivity index (χ3n) is 2.44. The quantitative estimate of drug-likeness (QED) is 0.723. The molecule has 0 amide bonds. The van der Waals surface area contributed by atoms with E-state index < -0.39 is 0 Å². The Labute approximate surface area is 70.4 Å². The summed E-state index contributed by atoms with van der Waals surface area (Å²) in [5, 5.41) is 3.97. The molecule has 0 aromatic carbocycles. The van der Waals surface area contributed by atoms with Gasteiger partial charge < -0.3 is 5.73 Å². The largest absolute Gasteiger partial charge is 0.326 e. The van der Waals surface area contributed by atoms with Crippen LogP contribution >= 0.6 is 0 Å². The maximum Gasteiger partial charge on any atom is 0.216 e. The molecule has 0 radical (unpaired) electrons. The number of hydrogen-bond donors (Lipinski definition) is 1. The van der Waals surface area contributed by atoms with E-state index in [2.05, 4.69) is 5.10 Å². The molecule has 3 nitrogen and oxygen atoms in total. The fraction of sp³-hybridized carbons (Fsp3) is 0.625. The van der Waals surface area contributed by atoms with E-state index in [4.69, 9.17) is 5.73 Å². The summed E-state index contributed by atoms with van der Waals surface area (Å²) in [6.07, 6.45) is 4.79. The molecule has 66 valence electrons.